The van der Waals surface area contributed by atoms with Crippen LogP contribution in [0.2, 0.25) is 0 Å². The van der Waals surface area contributed by atoms with E-state index < -0.39 is 101 Å². The Morgan fingerprint density at radius 1 is 0.692 bits per heavy atom. The lowest BCUT2D eigenvalue weighted by molar-refractivity contribution is -0.200. The van der Waals surface area contributed by atoms with Crippen LogP contribution >= 0.6 is 0 Å². The summed E-state index contributed by atoms with van der Waals surface area (Å²) in [5.41, 5.74) is -5.28. The molecule has 0 saturated carbocycles. The van der Waals surface area contributed by atoms with E-state index in [4.69, 9.17) is 33.2 Å². The molecule has 0 aromatic heterocycles. The molecule has 1 amide bonds. The van der Waals surface area contributed by atoms with Gasteiger partial charge >= 0.3 is 5.97 Å². The number of ether oxygens (including phenoxy) is 7. The number of nitrogens with one attached hydrogen (secondary N) is 1. The summed E-state index contributed by atoms with van der Waals surface area (Å²) in [6.07, 6.45) is -7.07. The van der Waals surface area contributed by atoms with Crippen LogP contribution in [-0.4, -0.2) is 149 Å². The van der Waals surface area contributed by atoms with Crippen molar-refractivity contribution in [1.29, 1.82) is 0 Å². The Balaban J connectivity index is 0. The quantitative estimate of drug-likeness (QED) is 0.0505. The normalized spacial score (nSPS) is 16.0. The summed E-state index contributed by atoms with van der Waals surface area (Å²) < 4.78 is 53.4. The van der Waals surface area contributed by atoms with Gasteiger partial charge in [0.25, 0.3) is 0 Å². The first-order chi connectivity index (χ1) is 29.9. The summed E-state index contributed by atoms with van der Waals surface area (Å²) in [7, 11) is 2.92. The van der Waals surface area contributed by atoms with Gasteiger partial charge in [0.15, 0.2) is 5.75 Å². The third kappa shape index (κ3) is 23.8. The van der Waals surface area contributed by atoms with Crippen molar-refractivity contribution in [3.05, 3.63) is 29.8 Å². The van der Waals surface area contributed by atoms with E-state index in [1.807, 2.05) is 76.2 Å². The molecule has 0 aliphatic carbocycles. The molecule has 5 unspecified atom stereocenters. The van der Waals surface area contributed by atoms with Crippen LogP contribution in [0, 0.1) is 11.8 Å². The van der Waals surface area contributed by atoms with Gasteiger partial charge in [-0.2, -0.15) is 0 Å². The van der Waals surface area contributed by atoms with Crippen LogP contribution in [0.4, 0.5) is 4.53 Å². The highest BCUT2D eigenvalue weighted by Gasteiger charge is 2.48. The molecule has 0 aliphatic heterocycles. The molecule has 0 bridgehead atoms. The number of aliphatic hydroxyl groups excluding tert-OH is 5. The van der Waals surface area contributed by atoms with Crippen molar-refractivity contribution in [2.45, 2.75) is 201 Å². The third-order valence-electron chi connectivity index (χ3n) is 10.5. The molecule has 1 aromatic rings. The number of halogens is 1. The van der Waals surface area contributed by atoms with Crippen molar-refractivity contribution in [3.8, 4) is 5.75 Å². The molecule has 7 atom stereocenters. The van der Waals surface area contributed by atoms with Crippen molar-refractivity contribution >= 4 is 11.9 Å². The van der Waals surface area contributed by atoms with Gasteiger partial charge in [0.05, 0.1) is 84.3 Å². The number of amides is 1. The number of rotatable bonds is 29. The molecule has 16 nitrogen and oxygen atoms in total. The van der Waals surface area contributed by atoms with E-state index in [1.54, 1.807) is 34.8 Å². The summed E-state index contributed by atoms with van der Waals surface area (Å²) in [4.78, 5) is 31.1. The fourth-order valence-electron chi connectivity index (χ4n) is 6.50. The van der Waals surface area contributed by atoms with Crippen molar-refractivity contribution in [2.75, 3.05) is 47.2 Å². The third-order valence-corrected chi connectivity index (χ3v) is 10.5. The average Bonchev–Trinajstić information content (AvgIpc) is 3.23. The van der Waals surface area contributed by atoms with Crippen molar-refractivity contribution in [2.24, 2.45) is 11.8 Å². The van der Waals surface area contributed by atoms with Gasteiger partial charge in [-0.3, -0.25) is 14.5 Å². The maximum absolute atomic E-state index is 14.0. The molecule has 0 heterocycles. The van der Waals surface area contributed by atoms with Crippen LogP contribution in [0.1, 0.15) is 136 Å². The van der Waals surface area contributed by atoms with Gasteiger partial charge in [0, 0.05) is 31.7 Å². The molecule has 6 N–H and O–H groups in total. The Labute approximate surface area is 390 Å². The van der Waals surface area contributed by atoms with E-state index in [0.717, 1.165) is 0 Å². The number of esters is 1. The van der Waals surface area contributed by atoms with Gasteiger partial charge in [0.1, 0.15) is 24.7 Å². The zero-order chi connectivity index (χ0) is 51.2. The van der Waals surface area contributed by atoms with Gasteiger partial charge in [-0.05, 0) is 114 Å². The van der Waals surface area contributed by atoms with Crippen molar-refractivity contribution < 1.29 is 77.7 Å². The molecular weight excluding hydrogens is 850 g/mol. The standard InChI is InChI=1S/C44H78FNO15.2C2H6/c1-39(2,3)59-30(23-47)22-31(49)33(37(52)46-26-41(6,7)58-27-42(8,9)54-14)44(12,13)57-21-20-40(4,5)60-32(24-48)35(50)36(51)34(43(10,11)55-15)38(53)56-25-28-16-18-29(61-45)19-17-28;2*1-2/h16-19,30-36,47-51H,20-27H2,1-15H3,(H,46,52);2*1-2H3/t30-,31?,32+,33?,34?,35?,36?;;/m0../s1. The van der Waals surface area contributed by atoms with Crippen LogP contribution in [0.25, 0.3) is 0 Å². The zero-order valence-corrected chi connectivity index (χ0v) is 43.2. The number of aliphatic hydroxyl groups is 5. The van der Waals surface area contributed by atoms with Crippen molar-refractivity contribution in [1.82, 2.24) is 5.32 Å². The van der Waals surface area contributed by atoms with E-state index >= 15 is 0 Å². The fourth-order valence-corrected chi connectivity index (χ4v) is 6.50. The van der Waals surface area contributed by atoms with E-state index in [-0.39, 0.29) is 45.0 Å². The Morgan fingerprint density at radius 3 is 1.71 bits per heavy atom. The monoisotopic (exact) mass is 940 g/mol. The molecule has 0 saturated heterocycles. The minimum Gasteiger partial charge on any atom is -0.460 e. The topological polar surface area (TPSA) is 221 Å². The first-order valence-corrected chi connectivity index (χ1v) is 22.7. The number of carbonyl (C=O) groups excluding carboxylic acids is 2. The molecule has 1 rings (SSSR count). The second-order valence-corrected chi connectivity index (χ2v) is 19.4. The maximum Gasteiger partial charge on any atom is 0.314 e. The molecule has 0 aliphatic rings. The second-order valence-electron chi connectivity index (χ2n) is 19.4. The molecule has 17 heteroatoms. The summed E-state index contributed by atoms with van der Waals surface area (Å²) >= 11 is 0. The Bertz CT molecular complexity index is 1450. The van der Waals surface area contributed by atoms with E-state index in [0.29, 0.717) is 5.56 Å². The minimum absolute atomic E-state index is 0.0278. The summed E-state index contributed by atoms with van der Waals surface area (Å²) in [6, 6.07) is 5.67. The van der Waals surface area contributed by atoms with E-state index in [2.05, 4.69) is 10.3 Å². The van der Waals surface area contributed by atoms with Gasteiger partial charge < -0.3 is 64.0 Å². The van der Waals surface area contributed by atoms with Crippen molar-refractivity contribution in [3.63, 3.8) is 0 Å². The summed E-state index contributed by atoms with van der Waals surface area (Å²) in [6.45, 7) is 29.6. The van der Waals surface area contributed by atoms with Gasteiger partial charge in [-0.25, -0.2) is 0 Å². The van der Waals surface area contributed by atoms with E-state index in [1.165, 1.54) is 45.2 Å². The Hall–Kier alpha value is -2.55. The first kappa shape index (κ1) is 64.5. The highest BCUT2D eigenvalue weighted by molar-refractivity contribution is 5.80. The molecule has 65 heavy (non-hydrogen) atoms. The van der Waals surface area contributed by atoms with Crippen LogP contribution in [-0.2, 0) is 49.4 Å². The number of hydrogen-bond donors (Lipinski definition) is 6. The maximum atomic E-state index is 14.0. The number of methoxy groups -OCH3 is 2. The largest absolute Gasteiger partial charge is 0.460 e. The van der Waals surface area contributed by atoms with Gasteiger partial charge in [0.2, 0.25) is 5.91 Å². The Morgan fingerprint density at radius 2 is 1.25 bits per heavy atom. The van der Waals surface area contributed by atoms with E-state index in [9.17, 15) is 39.6 Å². The average molecular weight is 940 g/mol. The van der Waals surface area contributed by atoms with Gasteiger partial charge in [-0.1, -0.05) is 39.8 Å². The minimum atomic E-state index is -1.83. The molecule has 384 valence electrons. The predicted octanol–water partition coefficient (Wildman–Crippen LogP) is 6.03. The summed E-state index contributed by atoms with van der Waals surface area (Å²) in [5, 5.41) is 57.8. The number of benzene rings is 1. The van der Waals surface area contributed by atoms with Crippen LogP contribution in [0.5, 0.6) is 5.75 Å². The van der Waals surface area contributed by atoms with Crippen LogP contribution < -0.4 is 10.3 Å². The highest BCUT2D eigenvalue weighted by atomic mass is 19.3. The van der Waals surface area contributed by atoms with Crippen LogP contribution in [0.3, 0.4) is 0 Å². The number of hydrogen-bond acceptors (Lipinski definition) is 15. The molecular formula is C48H90FNO15. The van der Waals surface area contributed by atoms with Gasteiger partial charge in [-0.15, -0.1) is 0 Å². The zero-order valence-electron chi connectivity index (χ0n) is 43.2. The lowest BCUT2D eigenvalue weighted by Gasteiger charge is -2.40. The SMILES string of the molecule is CC.CC.COC(C)(C)COC(C)(C)CNC(=O)C(C(O)C[C@@H](CO)OC(C)(C)C)C(C)(C)OCCC(C)(C)O[C@H](CO)C(O)C(O)C(C(=O)OCc1ccc(OF)cc1)C(C)(C)OC. The molecule has 0 radical (unpaired) electrons. The second kappa shape index (κ2) is 29.4. The molecule has 0 spiro atoms. The highest BCUT2D eigenvalue weighted by Crippen LogP contribution is 2.33. The first-order valence-electron chi connectivity index (χ1n) is 22.7. The lowest BCUT2D eigenvalue weighted by Crippen LogP contribution is -2.55. The number of carbonyl (C=O) groups is 2. The fraction of sp³-hybridized carbons (Fsp3) is 0.833. The smallest absolute Gasteiger partial charge is 0.314 e. The summed E-state index contributed by atoms with van der Waals surface area (Å²) in [5.74, 6) is -4.07. The van der Waals surface area contributed by atoms with Crippen LogP contribution in [0.15, 0.2) is 24.3 Å². The predicted molar refractivity (Wildman–Crippen MR) is 248 cm³/mol. The Kier molecular flexibility index (Phi) is 29.2. The molecule has 1 aromatic carbocycles. The lowest BCUT2D eigenvalue weighted by atomic mass is 9.82. The molecule has 0 fully saturated rings.